The molecule has 0 bridgehead atoms. The highest BCUT2D eigenvalue weighted by Crippen LogP contribution is 2.14. The maximum atomic E-state index is 11.2. The summed E-state index contributed by atoms with van der Waals surface area (Å²) in [6, 6.07) is 1.16. The van der Waals surface area contributed by atoms with Gasteiger partial charge in [0.25, 0.3) is 0 Å². The molecule has 1 atom stereocenters. The van der Waals surface area contributed by atoms with Crippen LogP contribution in [0, 0.1) is 0 Å². The van der Waals surface area contributed by atoms with E-state index in [9.17, 15) is 4.79 Å². The fourth-order valence-electron chi connectivity index (χ4n) is 1.21. The van der Waals surface area contributed by atoms with Gasteiger partial charge in [-0.3, -0.25) is 0 Å². The van der Waals surface area contributed by atoms with Crippen molar-refractivity contribution in [2.75, 3.05) is 13.7 Å². The average Bonchev–Trinajstić information content (AvgIpc) is 2.58. The molecule has 5 nitrogen and oxygen atoms in total. The Kier molecular flexibility index (Phi) is 3.27. The molecule has 0 aliphatic rings. The van der Waals surface area contributed by atoms with E-state index in [1.165, 1.54) is 7.11 Å². The number of ether oxygens (including phenoxy) is 1. The minimum absolute atomic E-state index is 0.148. The molecule has 0 radical (unpaired) electrons. The van der Waals surface area contributed by atoms with Crippen molar-refractivity contribution < 1.29 is 14.6 Å². The highest BCUT2D eigenvalue weighted by molar-refractivity contribution is 5.87. The molecular formula is C9H14N2O3. The Bertz CT molecular complexity index is 333. The van der Waals surface area contributed by atoms with Gasteiger partial charge >= 0.3 is 5.97 Å². The number of carbonyl (C=O) groups is 1. The number of aromatic nitrogens is 1. The Morgan fingerprint density at radius 1 is 1.79 bits per heavy atom. The molecule has 0 unspecified atom stereocenters. The van der Waals surface area contributed by atoms with Crippen molar-refractivity contribution in [3.8, 4) is 0 Å². The Morgan fingerprint density at radius 2 is 2.43 bits per heavy atom. The van der Waals surface area contributed by atoms with Crippen LogP contribution < -0.4 is 5.73 Å². The Hall–Kier alpha value is -1.33. The molecule has 0 spiro atoms. The van der Waals surface area contributed by atoms with E-state index >= 15 is 0 Å². The standard InChI is InChI=1S/C9H14N2O3/c1-11-4-6(7(10)5-12)3-8(11)9(13)14-2/h3-4,7,12H,5,10H2,1-2H3/t7-/m0/s1. The van der Waals surface area contributed by atoms with Crippen LogP contribution in [0.25, 0.3) is 0 Å². The molecule has 14 heavy (non-hydrogen) atoms. The van der Waals surface area contributed by atoms with Crippen molar-refractivity contribution in [1.82, 2.24) is 4.57 Å². The molecule has 1 aromatic heterocycles. The predicted molar refractivity (Wildman–Crippen MR) is 50.8 cm³/mol. The van der Waals surface area contributed by atoms with E-state index in [4.69, 9.17) is 10.8 Å². The topological polar surface area (TPSA) is 77.5 Å². The van der Waals surface area contributed by atoms with E-state index in [1.54, 1.807) is 23.9 Å². The number of aliphatic hydroxyl groups is 1. The third-order valence-electron chi connectivity index (χ3n) is 2.05. The second-order valence-electron chi connectivity index (χ2n) is 3.05. The summed E-state index contributed by atoms with van der Waals surface area (Å²) >= 11 is 0. The minimum Gasteiger partial charge on any atom is -0.464 e. The number of esters is 1. The van der Waals surface area contributed by atoms with Crippen LogP contribution in [0.15, 0.2) is 12.3 Å². The first-order valence-corrected chi connectivity index (χ1v) is 4.21. The molecule has 1 aromatic rings. The normalized spacial score (nSPS) is 12.6. The van der Waals surface area contributed by atoms with Gasteiger partial charge in [-0.15, -0.1) is 0 Å². The number of hydrogen-bond donors (Lipinski definition) is 2. The summed E-state index contributed by atoms with van der Waals surface area (Å²) in [5.41, 5.74) is 6.74. The summed E-state index contributed by atoms with van der Waals surface area (Å²) in [6.45, 7) is -0.148. The van der Waals surface area contributed by atoms with Gasteiger partial charge in [0.1, 0.15) is 5.69 Å². The van der Waals surface area contributed by atoms with E-state index in [2.05, 4.69) is 4.74 Å². The molecule has 0 fully saturated rings. The number of nitrogens with two attached hydrogens (primary N) is 1. The lowest BCUT2D eigenvalue weighted by Crippen LogP contribution is -2.13. The molecule has 0 saturated carbocycles. The van der Waals surface area contributed by atoms with Crippen molar-refractivity contribution in [2.45, 2.75) is 6.04 Å². The number of nitrogens with zero attached hydrogens (tertiary/aromatic N) is 1. The molecule has 1 heterocycles. The summed E-state index contributed by atoms with van der Waals surface area (Å²) < 4.78 is 6.20. The van der Waals surface area contributed by atoms with Crippen molar-refractivity contribution >= 4 is 5.97 Å². The predicted octanol–water partition coefficient (Wildman–Crippen LogP) is -0.196. The van der Waals surface area contributed by atoms with Gasteiger partial charge in [-0.25, -0.2) is 4.79 Å². The Labute approximate surface area is 82.1 Å². The molecular weight excluding hydrogens is 184 g/mol. The van der Waals surface area contributed by atoms with Gasteiger partial charge in [-0.05, 0) is 11.6 Å². The fourth-order valence-corrected chi connectivity index (χ4v) is 1.21. The zero-order valence-corrected chi connectivity index (χ0v) is 8.23. The first-order chi connectivity index (χ1) is 6.60. The van der Waals surface area contributed by atoms with Gasteiger partial charge in [0.05, 0.1) is 19.8 Å². The quantitative estimate of drug-likeness (QED) is 0.659. The first kappa shape index (κ1) is 10.7. The van der Waals surface area contributed by atoms with Gasteiger partial charge < -0.3 is 20.1 Å². The first-order valence-electron chi connectivity index (χ1n) is 4.21. The minimum atomic E-state index is -0.459. The van der Waals surface area contributed by atoms with Crippen LogP contribution in [0.4, 0.5) is 0 Å². The average molecular weight is 198 g/mol. The van der Waals surface area contributed by atoms with E-state index in [-0.39, 0.29) is 6.61 Å². The molecule has 0 saturated heterocycles. The summed E-state index contributed by atoms with van der Waals surface area (Å²) in [7, 11) is 3.04. The van der Waals surface area contributed by atoms with Gasteiger partial charge in [0.2, 0.25) is 0 Å². The monoisotopic (exact) mass is 198 g/mol. The summed E-state index contributed by atoms with van der Waals surface area (Å²) in [5.74, 6) is -0.413. The Morgan fingerprint density at radius 3 is 2.93 bits per heavy atom. The van der Waals surface area contributed by atoms with Crippen LogP contribution in [0.5, 0.6) is 0 Å². The number of carbonyl (C=O) groups excluding carboxylic acids is 1. The molecule has 0 aliphatic carbocycles. The van der Waals surface area contributed by atoms with Gasteiger partial charge in [-0.1, -0.05) is 0 Å². The number of aryl methyl sites for hydroxylation is 1. The fraction of sp³-hybridized carbons (Fsp3) is 0.444. The van der Waals surface area contributed by atoms with Crippen LogP contribution in [0.3, 0.4) is 0 Å². The maximum Gasteiger partial charge on any atom is 0.354 e. The molecule has 1 rings (SSSR count). The van der Waals surface area contributed by atoms with Crippen LogP contribution >= 0.6 is 0 Å². The van der Waals surface area contributed by atoms with Crippen LogP contribution in [0.2, 0.25) is 0 Å². The lowest BCUT2D eigenvalue weighted by Gasteiger charge is -2.02. The smallest absolute Gasteiger partial charge is 0.354 e. The van der Waals surface area contributed by atoms with Crippen LogP contribution in [-0.4, -0.2) is 29.4 Å². The Balaban J connectivity index is 2.98. The number of methoxy groups -OCH3 is 1. The highest BCUT2D eigenvalue weighted by Gasteiger charge is 2.14. The lowest BCUT2D eigenvalue weighted by molar-refractivity contribution is 0.0590. The van der Waals surface area contributed by atoms with Gasteiger partial charge in [0.15, 0.2) is 0 Å². The third-order valence-corrected chi connectivity index (χ3v) is 2.05. The van der Waals surface area contributed by atoms with Crippen LogP contribution in [0.1, 0.15) is 22.1 Å². The zero-order valence-electron chi connectivity index (χ0n) is 8.23. The molecule has 78 valence electrons. The number of aliphatic hydroxyl groups excluding tert-OH is 1. The summed E-state index contributed by atoms with van der Waals surface area (Å²) in [6.07, 6.45) is 1.70. The van der Waals surface area contributed by atoms with Gasteiger partial charge in [0, 0.05) is 13.2 Å². The van der Waals surface area contributed by atoms with E-state index in [0.29, 0.717) is 5.69 Å². The van der Waals surface area contributed by atoms with Gasteiger partial charge in [-0.2, -0.15) is 0 Å². The zero-order chi connectivity index (χ0) is 10.7. The molecule has 5 heteroatoms. The lowest BCUT2D eigenvalue weighted by atomic mass is 10.2. The third kappa shape index (κ3) is 1.94. The second kappa shape index (κ2) is 4.26. The van der Waals surface area contributed by atoms with Crippen molar-refractivity contribution in [1.29, 1.82) is 0 Å². The molecule has 0 aliphatic heterocycles. The summed E-state index contributed by atoms with van der Waals surface area (Å²) in [4.78, 5) is 11.2. The number of rotatable bonds is 3. The highest BCUT2D eigenvalue weighted by atomic mass is 16.5. The van der Waals surface area contributed by atoms with Crippen molar-refractivity contribution in [2.24, 2.45) is 12.8 Å². The molecule has 0 aromatic carbocycles. The van der Waals surface area contributed by atoms with Crippen molar-refractivity contribution in [3.63, 3.8) is 0 Å². The largest absolute Gasteiger partial charge is 0.464 e. The number of hydrogen-bond acceptors (Lipinski definition) is 4. The molecule has 3 N–H and O–H groups in total. The van der Waals surface area contributed by atoms with Crippen molar-refractivity contribution in [3.05, 3.63) is 23.5 Å². The summed E-state index contributed by atoms with van der Waals surface area (Å²) in [5, 5.41) is 8.83. The molecule has 0 amide bonds. The van der Waals surface area contributed by atoms with E-state index < -0.39 is 12.0 Å². The second-order valence-corrected chi connectivity index (χ2v) is 3.05. The SMILES string of the molecule is COC(=O)c1cc([C@@H](N)CO)cn1C. The van der Waals surface area contributed by atoms with E-state index in [0.717, 1.165) is 5.56 Å². The maximum absolute atomic E-state index is 11.2. The van der Waals surface area contributed by atoms with Crippen LogP contribution in [-0.2, 0) is 11.8 Å². The van der Waals surface area contributed by atoms with E-state index in [1.807, 2.05) is 0 Å².